The van der Waals surface area contributed by atoms with E-state index in [9.17, 15) is 19.8 Å². The molecule has 0 spiro atoms. The van der Waals surface area contributed by atoms with Crippen LogP contribution in [0.4, 0.5) is 5.69 Å². The molecule has 2 heterocycles. The van der Waals surface area contributed by atoms with Crippen LogP contribution in [0, 0.1) is 0 Å². The molecule has 9 nitrogen and oxygen atoms in total. The van der Waals surface area contributed by atoms with Gasteiger partial charge in [-0.2, -0.15) is 0 Å². The van der Waals surface area contributed by atoms with Crippen LogP contribution in [0.1, 0.15) is 36.0 Å². The number of furan rings is 1. The maximum atomic E-state index is 13.9. The van der Waals surface area contributed by atoms with Gasteiger partial charge in [-0.3, -0.25) is 14.5 Å². The molecule has 1 atom stereocenters. The Morgan fingerprint density at radius 3 is 2.33 bits per heavy atom. The lowest BCUT2D eigenvalue weighted by Gasteiger charge is -2.27. The number of aliphatic hydroxyl groups is 1. The zero-order valence-electron chi connectivity index (χ0n) is 21.6. The number of ether oxygens (including phenoxy) is 3. The van der Waals surface area contributed by atoms with Crippen molar-refractivity contribution in [1.82, 2.24) is 0 Å². The summed E-state index contributed by atoms with van der Waals surface area (Å²) >= 11 is 0. The standard InChI is InChI=1S/C30H27NO8/c1-4-37-21-14-11-19(16-23(21)38-5-2)31-26(17-9-12-20(32)13-10-17)25(28(34)30(31)35)27(33)24-15-18-7-6-8-22(36-3)29(18)39-24/h6-16,26,32,34H,4-5H2,1-3H3. The molecule has 1 aromatic heterocycles. The molecule has 1 aliphatic heterocycles. The number of methoxy groups -OCH3 is 1. The summed E-state index contributed by atoms with van der Waals surface area (Å²) in [6.07, 6.45) is 0. The highest BCUT2D eigenvalue weighted by Crippen LogP contribution is 2.45. The topological polar surface area (TPSA) is 119 Å². The van der Waals surface area contributed by atoms with Gasteiger partial charge in [0.2, 0.25) is 5.78 Å². The molecule has 39 heavy (non-hydrogen) atoms. The molecule has 5 rings (SSSR count). The number of carbonyl (C=O) groups excluding carboxylic acids is 2. The van der Waals surface area contributed by atoms with Crippen LogP contribution >= 0.6 is 0 Å². The van der Waals surface area contributed by atoms with Gasteiger partial charge in [0, 0.05) is 17.1 Å². The zero-order valence-corrected chi connectivity index (χ0v) is 21.6. The smallest absolute Gasteiger partial charge is 0.294 e. The fourth-order valence-electron chi connectivity index (χ4n) is 4.71. The average Bonchev–Trinajstić information content (AvgIpc) is 3.49. The first-order chi connectivity index (χ1) is 18.9. The fourth-order valence-corrected chi connectivity index (χ4v) is 4.71. The first kappa shape index (κ1) is 25.7. The molecule has 0 saturated heterocycles. The Balaban J connectivity index is 1.64. The van der Waals surface area contributed by atoms with E-state index in [0.717, 1.165) is 0 Å². The highest BCUT2D eigenvalue weighted by molar-refractivity contribution is 6.20. The number of nitrogens with zero attached hydrogens (tertiary/aromatic N) is 1. The van der Waals surface area contributed by atoms with Gasteiger partial charge >= 0.3 is 0 Å². The minimum Gasteiger partial charge on any atom is -0.508 e. The molecule has 0 radical (unpaired) electrons. The summed E-state index contributed by atoms with van der Waals surface area (Å²) in [6.45, 7) is 4.46. The molecule has 9 heteroatoms. The number of fused-ring (bicyclic) bond motifs is 1. The Morgan fingerprint density at radius 2 is 1.64 bits per heavy atom. The van der Waals surface area contributed by atoms with Gasteiger partial charge in [0.25, 0.3) is 5.91 Å². The van der Waals surface area contributed by atoms with Gasteiger partial charge in [-0.1, -0.05) is 24.3 Å². The molecule has 2 N–H and O–H groups in total. The van der Waals surface area contributed by atoms with Crippen LogP contribution in [0.3, 0.4) is 0 Å². The molecule has 1 unspecified atom stereocenters. The number of anilines is 1. The van der Waals surface area contributed by atoms with E-state index in [1.165, 1.54) is 24.1 Å². The van der Waals surface area contributed by atoms with Gasteiger partial charge < -0.3 is 28.8 Å². The molecular weight excluding hydrogens is 502 g/mol. The van der Waals surface area contributed by atoms with E-state index >= 15 is 0 Å². The first-order valence-electron chi connectivity index (χ1n) is 12.4. The quantitative estimate of drug-likeness (QED) is 0.264. The van der Waals surface area contributed by atoms with Crippen LogP contribution in [0.5, 0.6) is 23.0 Å². The maximum absolute atomic E-state index is 13.9. The van der Waals surface area contributed by atoms with Crippen molar-refractivity contribution in [2.24, 2.45) is 0 Å². The van der Waals surface area contributed by atoms with E-state index < -0.39 is 23.5 Å². The summed E-state index contributed by atoms with van der Waals surface area (Å²) in [5, 5.41) is 21.6. The number of aliphatic hydroxyl groups excluding tert-OH is 1. The van der Waals surface area contributed by atoms with E-state index in [4.69, 9.17) is 18.6 Å². The number of hydrogen-bond donors (Lipinski definition) is 2. The summed E-state index contributed by atoms with van der Waals surface area (Å²) < 4.78 is 22.6. The average molecular weight is 530 g/mol. The molecule has 0 aliphatic carbocycles. The van der Waals surface area contributed by atoms with Crippen molar-refractivity contribution in [1.29, 1.82) is 0 Å². The summed E-state index contributed by atoms with van der Waals surface area (Å²) in [4.78, 5) is 28.7. The van der Waals surface area contributed by atoms with Crippen LogP contribution in [-0.4, -0.2) is 42.2 Å². The molecule has 3 aromatic carbocycles. The van der Waals surface area contributed by atoms with Crippen LogP contribution in [-0.2, 0) is 4.79 Å². The first-order valence-corrected chi connectivity index (χ1v) is 12.4. The summed E-state index contributed by atoms with van der Waals surface area (Å²) in [5.41, 5.74) is 1.09. The minimum atomic E-state index is -1.02. The SMILES string of the molecule is CCOc1ccc(N2C(=O)C(O)=C(C(=O)c3cc4cccc(OC)c4o3)C2c2ccc(O)cc2)cc1OCC. The molecule has 1 aliphatic rings. The second kappa shape index (κ2) is 10.4. The van der Waals surface area contributed by atoms with Gasteiger partial charge in [-0.25, -0.2) is 0 Å². The number of phenolic OH excluding ortho intramolecular Hbond substituents is 1. The highest BCUT2D eigenvalue weighted by atomic mass is 16.5. The number of Topliss-reactive ketones (excluding diaryl/α,β-unsaturated/α-hetero) is 1. The minimum absolute atomic E-state index is 0.0137. The largest absolute Gasteiger partial charge is 0.508 e. The Morgan fingerprint density at radius 1 is 0.923 bits per heavy atom. The fraction of sp³-hybridized carbons (Fsp3) is 0.200. The third-order valence-corrected chi connectivity index (χ3v) is 6.42. The number of carbonyl (C=O) groups is 2. The Labute approximate surface area is 224 Å². The van der Waals surface area contributed by atoms with Gasteiger partial charge in [0.15, 0.2) is 34.4 Å². The lowest BCUT2D eigenvalue weighted by atomic mass is 9.94. The van der Waals surface area contributed by atoms with E-state index in [2.05, 4.69) is 0 Å². The van der Waals surface area contributed by atoms with Crippen molar-refractivity contribution in [3.63, 3.8) is 0 Å². The Bertz CT molecular complexity index is 1580. The summed E-state index contributed by atoms with van der Waals surface area (Å²) in [5.74, 6) is -0.805. The van der Waals surface area contributed by atoms with Gasteiger partial charge in [0.1, 0.15) is 5.75 Å². The van der Waals surface area contributed by atoms with Crippen LogP contribution < -0.4 is 19.1 Å². The predicted molar refractivity (Wildman–Crippen MR) is 144 cm³/mol. The monoisotopic (exact) mass is 529 g/mol. The number of amides is 1. The number of para-hydroxylation sites is 1. The number of rotatable bonds is 9. The number of aromatic hydroxyl groups is 1. The van der Waals surface area contributed by atoms with Crippen LogP contribution in [0.15, 0.2) is 82.5 Å². The van der Waals surface area contributed by atoms with Crippen molar-refractivity contribution in [3.8, 4) is 23.0 Å². The number of benzene rings is 3. The second-order valence-electron chi connectivity index (χ2n) is 8.75. The van der Waals surface area contributed by atoms with E-state index in [1.54, 1.807) is 54.6 Å². The van der Waals surface area contributed by atoms with Crippen molar-refractivity contribution >= 4 is 28.3 Å². The van der Waals surface area contributed by atoms with Crippen LogP contribution in [0.25, 0.3) is 11.0 Å². The number of ketones is 1. The molecular formula is C30H27NO8. The van der Waals surface area contributed by atoms with E-state index in [-0.39, 0.29) is 17.1 Å². The van der Waals surface area contributed by atoms with Gasteiger partial charge in [-0.05, 0) is 55.8 Å². The molecule has 0 saturated carbocycles. The van der Waals surface area contributed by atoms with Crippen molar-refractivity contribution in [2.45, 2.75) is 19.9 Å². The Kier molecular flexibility index (Phi) is 6.89. The van der Waals surface area contributed by atoms with Gasteiger partial charge in [-0.15, -0.1) is 0 Å². The van der Waals surface area contributed by atoms with Crippen LogP contribution in [0.2, 0.25) is 0 Å². The third kappa shape index (κ3) is 4.52. The third-order valence-electron chi connectivity index (χ3n) is 6.42. The molecule has 0 bridgehead atoms. The van der Waals surface area contributed by atoms with Crippen molar-refractivity contribution in [3.05, 3.63) is 89.4 Å². The molecule has 0 fully saturated rings. The number of hydrogen-bond acceptors (Lipinski definition) is 8. The summed E-state index contributed by atoms with van der Waals surface area (Å²) in [6, 6.07) is 16.8. The summed E-state index contributed by atoms with van der Waals surface area (Å²) in [7, 11) is 1.49. The molecule has 1 amide bonds. The second-order valence-corrected chi connectivity index (χ2v) is 8.75. The lowest BCUT2D eigenvalue weighted by molar-refractivity contribution is -0.117. The normalized spacial score (nSPS) is 15.2. The lowest BCUT2D eigenvalue weighted by Crippen LogP contribution is -2.31. The highest BCUT2D eigenvalue weighted by Gasteiger charge is 2.45. The molecule has 200 valence electrons. The van der Waals surface area contributed by atoms with Crippen molar-refractivity contribution < 1.29 is 38.4 Å². The number of phenols is 1. The van der Waals surface area contributed by atoms with E-state index in [0.29, 0.717) is 52.7 Å². The molecule has 4 aromatic rings. The maximum Gasteiger partial charge on any atom is 0.294 e. The predicted octanol–water partition coefficient (Wildman–Crippen LogP) is 5.73. The Hall–Kier alpha value is -4.92. The van der Waals surface area contributed by atoms with Crippen molar-refractivity contribution in [2.75, 3.05) is 25.2 Å². The van der Waals surface area contributed by atoms with Gasteiger partial charge in [0.05, 0.1) is 31.9 Å². The van der Waals surface area contributed by atoms with E-state index in [1.807, 2.05) is 13.8 Å². The zero-order chi connectivity index (χ0) is 27.7.